The highest BCUT2D eigenvalue weighted by atomic mass is 31.1. The molecule has 48 heavy (non-hydrogen) atoms. The molecule has 0 amide bonds. The molecule has 4 atom stereocenters. The van der Waals surface area contributed by atoms with Crippen LogP contribution in [0.1, 0.15) is 73.6 Å². The Bertz CT molecular complexity index is 1320. The first-order valence-electron chi connectivity index (χ1n) is 18.6. The first-order valence-corrected chi connectivity index (χ1v) is 21.5. The van der Waals surface area contributed by atoms with Crippen LogP contribution in [0.15, 0.2) is 121 Å². The largest absolute Gasteiger partial charge is 0.261 e. The Balaban J connectivity index is 1.13. The fourth-order valence-corrected chi connectivity index (χ4v) is 15.9. The van der Waals surface area contributed by atoms with Crippen LogP contribution in [-0.2, 0) is 26.2 Å². The zero-order valence-electron chi connectivity index (χ0n) is 28.4. The molecule has 0 spiro atoms. The van der Waals surface area contributed by atoms with Crippen LogP contribution in [-0.4, -0.2) is 55.2 Å². The van der Waals surface area contributed by atoms with E-state index in [9.17, 15) is 0 Å². The third kappa shape index (κ3) is 7.22. The van der Waals surface area contributed by atoms with E-state index in [2.05, 4.69) is 140 Å². The maximum atomic E-state index is 3.03. The first kappa shape index (κ1) is 32.8. The van der Waals surface area contributed by atoms with Crippen molar-refractivity contribution in [2.75, 3.05) is 12.3 Å². The summed E-state index contributed by atoms with van der Waals surface area (Å²) in [5.74, 6) is 0. The van der Waals surface area contributed by atoms with Crippen molar-refractivity contribution >= 4 is 16.4 Å². The van der Waals surface area contributed by atoms with Gasteiger partial charge in [-0.1, -0.05) is 147 Å². The van der Waals surface area contributed by atoms with Crippen molar-refractivity contribution in [3.63, 3.8) is 0 Å². The van der Waals surface area contributed by atoms with Crippen LogP contribution in [0.4, 0.5) is 0 Å². The predicted molar refractivity (Wildman–Crippen MR) is 204 cm³/mol. The molecule has 0 radical (unpaired) electrons. The van der Waals surface area contributed by atoms with Crippen LogP contribution in [0.5, 0.6) is 0 Å². The van der Waals surface area contributed by atoms with E-state index in [0.717, 1.165) is 26.2 Å². The van der Waals surface area contributed by atoms with Gasteiger partial charge in [0.1, 0.15) is 0 Å². The van der Waals surface area contributed by atoms with Crippen LogP contribution in [0, 0.1) is 0 Å². The second kappa shape index (κ2) is 15.6. The summed E-state index contributed by atoms with van der Waals surface area (Å²) in [6, 6.07) is 48.2. The number of benzene rings is 4. The summed E-state index contributed by atoms with van der Waals surface area (Å²) in [6.45, 7) is 4.35. The highest BCUT2D eigenvalue weighted by Crippen LogP contribution is 2.63. The number of fused-ring (bicyclic) bond motifs is 2. The zero-order chi connectivity index (χ0) is 32.1. The molecule has 6 heteroatoms. The predicted octanol–water partition coefficient (Wildman–Crippen LogP) is 10.3. The van der Waals surface area contributed by atoms with Gasteiger partial charge in [0.25, 0.3) is 0 Å². The van der Waals surface area contributed by atoms with Crippen LogP contribution in [0.3, 0.4) is 0 Å². The topological polar surface area (TPSA) is 13.0 Å². The van der Waals surface area contributed by atoms with E-state index in [-0.39, 0.29) is 0 Å². The summed E-state index contributed by atoms with van der Waals surface area (Å²) in [5, 5.41) is 0. The number of hydrogen-bond acceptors (Lipinski definition) is 4. The van der Waals surface area contributed by atoms with Gasteiger partial charge in [-0.05, 0) is 47.9 Å². The van der Waals surface area contributed by atoms with Gasteiger partial charge in [-0.15, -0.1) is 0 Å². The van der Waals surface area contributed by atoms with Crippen LogP contribution >= 0.6 is 16.4 Å². The van der Waals surface area contributed by atoms with E-state index >= 15 is 0 Å². The molecule has 4 nitrogen and oxygen atoms in total. The number of nitrogens with zero attached hydrogens (tertiary/aromatic N) is 4. The molecular weight excluding hydrogens is 622 g/mol. The molecular formula is C42H52N4P2. The van der Waals surface area contributed by atoms with E-state index in [0.29, 0.717) is 24.2 Å². The minimum absolute atomic E-state index is 0.434. The van der Waals surface area contributed by atoms with Gasteiger partial charge in [0.2, 0.25) is 0 Å². The second-order valence-corrected chi connectivity index (χ2v) is 18.8. The van der Waals surface area contributed by atoms with E-state index in [1.165, 1.54) is 85.9 Å². The SMILES string of the molecule is c1ccc(CN2C3CCCCC3N(Cc3ccccc3)P2CCP2N(Cc3ccccc3)C3CCCCC3N2Cc2ccccc2)cc1. The van der Waals surface area contributed by atoms with Crippen LogP contribution < -0.4 is 0 Å². The standard InChI is InChI=1S/C42H52N4P2/c1-5-17-35(18-6-1)31-43-39-25-13-14-26-40(39)44(32-36-19-7-2-8-20-36)47(43)29-30-48-45(33-37-21-9-3-10-22-37)41-27-15-16-28-42(41)46(48)34-38-23-11-4-12-24-38/h1-12,17-24,39-42H,13-16,25-34H2. The molecule has 4 fully saturated rings. The normalized spacial score (nSPS) is 28.3. The van der Waals surface area contributed by atoms with Gasteiger partial charge >= 0.3 is 0 Å². The quantitative estimate of drug-likeness (QED) is 0.147. The molecule has 8 rings (SSSR count). The maximum Gasteiger partial charge on any atom is 0.0411 e. The van der Waals surface area contributed by atoms with Gasteiger partial charge in [0, 0.05) is 79.1 Å². The Kier molecular flexibility index (Phi) is 10.7. The highest BCUT2D eigenvalue weighted by Gasteiger charge is 2.51. The fraction of sp³-hybridized carbons (Fsp3) is 0.429. The molecule has 0 aromatic heterocycles. The van der Waals surface area contributed by atoms with E-state index in [1.807, 2.05) is 0 Å². The van der Waals surface area contributed by atoms with E-state index in [1.54, 1.807) is 0 Å². The lowest BCUT2D eigenvalue weighted by Crippen LogP contribution is -2.39. The van der Waals surface area contributed by atoms with E-state index in [4.69, 9.17) is 0 Å². The number of rotatable bonds is 11. The molecule has 2 heterocycles. The smallest absolute Gasteiger partial charge is 0.0411 e. The molecule has 0 N–H and O–H groups in total. The second-order valence-electron chi connectivity index (χ2n) is 14.4. The van der Waals surface area contributed by atoms with Crippen molar-refractivity contribution in [2.45, 2.75) is 102 Å². The third-order valence-corrected chi connectivity index (χ3v) is 17.1. The van der Waals surface area contributed by atoms with Crippen molar-refractivity contribution in [3.05, 3.63) is 144 Å². The minimum atomic E-state index is -0.434. The van der Waals surface area contributed by atoms with Gasteiger partial charge in [-0.3, -0.25) is 18.7 Å². The average Bonchev–Trinajstić information content (AvgIpc) is 3.59. The fourth-order valence-electron chi connectivity index (χ4n) is 9.12. The number of hydrogen-bond donors (Lipinski definition) is 0. The van der Waals surface area contributed by atoms with Gasteiger partial charge < -0.3 is 0 Å². The lowest BCUT2D eigenvalue weighted by Gasteiger charge is -2.36. The molecule has 4 aromatic carbocycles. The van der Waals surface area contributed by atoms with Crippen LogP contribution in [0.25, 0.3) is 0 Å². The van der Waals surface area contributed by atoms with Crippen molar-refractivity contribution < 1.29 is 0 Å². The summed E-state index contributed by atoms with van der Waals surface area (Å²) < 4.78 is 12.1. The third-order valence-electron chi connectivity index (χ3n) is 11.4. The Morgan fingerprint density at radius 2 is 0.583 bits per heavy atom. The Morgan fingerprint density at radius 1 is 0.354 bits per heavy atom. The summed E-state index contributed by atoms with van der Waals surface area (Å²) in [6.07, 6.45) is 13.5. The maximum absolute atomic E-state index is 3.03. The Hall–Kier alpha value is -2.42. The molecule has 4 unspecified atom stereocenters. The van der Waals surface area contributed by atoms with Crippen molar-refractivity contribution in [3.8, 4) is 0 Å². The molecule has 2 saturated heterocycles. The van der Waals surface area contributed by atoms with Gasteiger partial charge in [0.05, 0.1) is 0 Å². The monoisotopic (exact) mass is 674 g/mol. The van der Waals surface area contributed by atoms with Crippen LogP contribution in [0.2, 0.25) is 0 Å². The summed E-state index contributed by atoms with van der Waals surface area (Å²) in [5.41, 5.74) is 5.91. The average molecular weight is 675 g/mol. The summed E-state index contributed by atoms with van der Waals surface area (Å²) in [4.78, 5) is 0. The molecule has 2 aliphatic carbocycles. The van der Waals surface area contributed by atoms with E-state index < -0.39 is 16.4 Å². The molecule has 4 aliphatic rings. The van der Waals surface area contributed by atoms with Crippen molar-refractivity contribution in [2.24, 2.45) is 0 Å². The summed E-state index contributed by atoms with van der Waals surface area (Å²) in [7, 11) is -0.869. The Labute approximate surface area is 291 Å². The van der Waals surface area contributed by atoms with Crippen molar-refractivity contribution in [1.29, 1.82) is 0 Å². The van der Waals surface area contributed by atoms with Gasteiger partial charge in [-0.25, -0.2) is 0 Å². The van der Waals surface area contributed by atoms with Crippen molar-refractivity contribution in [1.82, 2.24) is 18.7 Å². The molecule has 250 valence electrons. The molecule has 2 aliphatic heterocycles. The molecule has 0 bridgehead atoms. The minimum Gasteiger partial charge on any atom is -0.261 e. The lowest BCUT2D eigenvalue weighted by molar-refractivity contribution is 0.197. The van der Waals surface area contributed by atoms with Gasteiger partial charge in [-0.2, -0.15) is 0 Å². The van der Waals surface area contributed by atoms with Gasteiger partial charge in [0.15, 0.2) is 0 Å². The summed E-state index contributed by atoms with van der Waals surface area (Å²) >= 11 is 0. The Morgan fingerprint density at radius 3 is 0.812 bits per heavy atom. The lowest BCUT2D eigenvalue weighted by atomic mass is 9.90. The molecule has 2 saturated carbocycles. The zero-order valence-corrected chi connectivity index (χ0v) is 30.2. The highest BCUT2D eigenvalue weighted by molar-refractivity contribution is 7.57. The molecule has 4 aromatic rings. The first-order chi connectivity index (χ1) is 23.8.